The van der Waals surface area contributed by atoms with Gasteiger partial charge in [-0.15, -0.1) is 23.5 Å². The molecule has 1 aliphatic heterocycles. The van der Waals surface area contributed by atoms with Gasteiger partial charge in [0.25, 0.3) is 0 Å². The van der Waals surface area contributed by atoms with Crippen LogP contribution in [0.3, 0.4) is 0 Å². The molecule has 11 heavy (non-hydrogen) atoms. The quantitative estimate of drug-likeness (QED) is 0.662. The molecule has 0 aromatic heterocycles. The Hall–Kier alpha value is 0.360. The summed E-state index contributed by atoms with van der Waals surface area (Å²) in [5.41, 5.74) is 10.4. The van der Waals surface area contributed by atoms with Gasteiger partial charge in [-0.3, -0.25) is 0 Å². The maximum Gasteiger partial charge on any atom is 0.0475 e. The van der Waals surface area contributed by atoms with Gasteiger partial charge in [-0.1, -0.05) is 0 Å². The third kappa shape index (κ3) is 10.4. The molecule has 1 heterocycles. The Morgan fingerprint density at radius 1 is 1.36 bits per heavy atom. The van der Waals surface area contributed by atoms with Gasteiger partial charge in [0.1, 0.15) is 0 Å². The standard InChI is InChI=1S/C4H12N2.C3H4S2/c1-4(2,6)3-5;1-2-5-3-4-1/h3,5-6H2,1-2H3;1-2H,3H2. The van der Waals surface area contributed by atoms with Crippen LogP contribution < -0.4 is 11.5 Å². The molecule has 1 rings (SSSR count). The maximum atomic E-state index is 5.41. The monoisotopic (exact) mass is 192 g/mol. The molecule has 2 nitrogen and oxygen atoms in total. The third-order valence-electron chi connectivity index (χ3n) is 0.910. The van der Waals surface area contributed by atoms with Crippen LogP contribution in [0.25, 0.3) is 0 Å². The van der Waals surface area contributed by atoms with Crippen LogP contribution >= 0.6 is 23.5 Å². The van der Waals surface area contributed by atoms with Gasteiger partial charge >= 0.3 is 0 Å². The molecule has 4 N–H and O–H groups in total. The van der Waals surface area contributed by atoms with Crippen molar-refractivity contribution in [3.8, 4) is 0 Å². The van der Waals surface area contributed by atoms with E-state index in [-0.39, 0.29) is 5.54 Å². The van der Waals surface area contributed by atoms with Gasteiger partial charge in [-0.05, 0) is 24.7 Å². The van der Waals surface area contributed by atoms with Crippen LogP contribution in [0.5, 0.6) is 0 Å². The van der Waals surface area contributed by atoms with E-state index < -0.39 is 0 Å². The van der Waals surface area contributed by atoms with Gasteiger partial charge in [0, 0.05) is 17.2 Å². The molecule has 0 aromatic rings. The van der Waals surface area contributed by atoms with Crippen LogP contribution in [0.15, 0.2) is 10.8 Å². The molecule has 1 aliphatic rings. The van der Waals surface area contributed by atoms with Gasteiger partial charge in [-0.25, -0.2) is 0 Å². The molecule has 0 saturated carbocycles. The second-order valence-electron chi connectivity index (χ2n) is 2.92. The van der Waals surface area contributed by atoms with Crippen molar-refractivity contribution in [1.82, 2.24) is 0 Å². The Balaban J connectivity index is 0.000000183. The lowest BCUT2D eigenvalue weighted by Gasteiger charge is -2.13. The van der Waals surface area contributed by atoms with E-state index in [9.17, 15) is 0 Å². The first-order valence-corrected chi connectivity index (χ1v) is 5.53. The Kier molecular flexibility index (Phi) is 6.14. The Bertz CT molecular complexity index is 112. The summed E-state index contributed by atoms with van der Waals surface area (Å²) < 4.78 is 0. The van der Waals surface area contributed by atoms with Crippen LogP contribution in [0.1, 0.15) is 13.8 Å². The molecule has 0 amide bonds. The van der Waals surface area contributed by atoms with Crippen molar-refractivity contribution in [2.45, 2.75) is 19.4 Å². The number of nitrogens with two attached hydrogens (primary N) is 2. The lowest BCUT2D eigenvalue weighted by Crippen LogP contribution is -2.40. The summed E-state index contributed by atoms with van der Waals surface area (Å²) in [5, 5.41) is 5.45. The summed E-state index contributed by atoms with van der Waals surface area (Å²) in [7, 11) is 0. The lowest BCUT2D eigenvalue weighted by atomic mass is 10.1. The number of hydrogen-bond acceptors (Lipinski definition) is 4. The SMILES string of the molecule is C1=CSCS1.CC(C)(N)CN. The summed E-state index contributed by atoms with van der Waals surface area (Å²) in [6, 6.07) is 0. The normalized spacial score (nSPS) is 16.0. The van der Waals surface area contributed by atoms with E-state index in [0.29, 0.717) is 6.54 Å². The van der Waals surface area contributed by atoms with Crippen molar-refractivity contribution in [3.63, 3.8) is 0 Å². The first-order chi connectivity index (χ1) is 5.06. The predicted molar refractivity (Wildman–Crippen MR) is 56.5 cm³/mol. The van der Waals surface area contributed by atoms with Crippen molar-refractivity contribution < 1.29 is 0 Å². The smallest absolute Gasteiger partial charge is 0.0475 e. The van der Waals surface area contributed by atoms with Gasteiger partial charge in [-0.2, -0.15) is 0 Å². The zero-order chi connectivity index (χ0) is 8.74. The van der Waals surface area contributed by atoms with Gasteiger partial charge in [0.15, 0.2) is 0 Å². The van der Waals surface area contributed by atoms with Gasteiger partial charge in [0.05, 0.1) is 0 Å². The maximum absolute atomic E-state index is 5.41. The van der Waals surface area contributed by atoms with Gasteiger partial charge < -0.3 is 11.5 Å². The average Bonchev–Trinajstić information content (AvgIpc) is 2.41. The Morgan fingerprint density at radius 3 is 1.82 bits per heavy atom. The molecule has 0 spiro atoms. The van der Waals surface area contributed by atoms with E-state index >= 15 is 0 Å². The summed E-state index contributed by atoms with van der Waals surface area (Å²) >= 11 is 3.71. The van der Waals surface area contributed by atoms with E-state index in [1.54, 1.807) is 0 Å². The lowest BCUT2D eigenvalue weighted by molar-refractivity contribution is 0.532. The fourth-order valence-electron chi connectivity index (χ4n) is 0.196. The molecular weight excluding hydrogens is 176 g/mol. The van der Waals surface area contributed by atoms with Crippen LogP contribution in [0, 0.1) is 0 Å². The van der Waals surface area contributed by atoms with E-state index in [1.807, 2.05) is 37.4 Å². The summed E-state index contributed by atoms with van der Waals surface area (Å²) in [5.74, 6) is 0. The summed E-state index contributed by atoms with van der Waals surface area (Å²) in [6.07, 6.45) is 0. The second-order valence-corrected chi connectivity index (χ2v) is 5.07. The minimum atomic E-state index is -0.181. The van der Waals surface area contributed by atoms with Crippen LogP contribution in [-0.2, 0) is 0 Å². The summed E-state index contributed by atoms with van der Waals surface area (Å²) in [4.78, 5) is 0. The van der Waals surface area contributed by atoms with Crippen molar-refractivity contribution in [1.29, 1.82) is 0 Å². The minimum absolute atomic E-state index is 0.181. The fourth-order valence-corrected chi connectivity index (χ4v) is 1.77. The van der Waals surface area contributed by atoms with E-state index in [2.05, 4.69) is 10.8 Å². The van der Waals surface area contributed by atoms with Crippen molar-refractivity contribution in [2.75, 3.05) is 11.6 Å². The molecule has 0 aromatic carbocycles. The van der Waals surface area contributed by atoms with Crippen LogP contribution in [0.2, 0.25) is 0 Å². The molecule has 0 aliphatic carbocycles. The second kappa shape index (κ2) is 5.94. The van der Waals surface area contributed by atoms with Crippen molar-refractivity contribution in [2.24, 2.45) is 11.5 Å². The zero-order valence-electron chi connectivity index (χ0n) is 7.04. The number of rotatable bonds is 1. The van der Waals surface area contributed by atoms with E-state index in [4.69, 9.17) is 11.5 Å². The van der Waals surface area contributed by atoms with Crippen LogP contribution in [-0.4, -0.2) is 17.2 Å². The topological polar surface area (TPSA) is 52.0 Å². The number of thioether (sulfide) groups is 2. The highest BCUT2D eigenvalue weighted by atomic mass is 32.2. The molecule has 0 bridgehead atoms. The molecule has 0 saturated heterocycles. The fraction of sp³-hybridized carbons (Fsp3) is 0.714. The molecule has 0 atom stereocenters. The zero-order valence-corrected chi connectivity index (χ0v) is 8.67. The minimum Gasteiger partial charge on any atom is -0.329 e. The highest BCUT2D eigenvalue weighted by molar-refractivity contribution is 8.21. The largest absolute Gasteiger partial charge is 0.329 e. The first kappa shape index (κ1) is 11.4. The van der Waals surface area contributed by atoms with E-state index in [1.165, 1.54) is 5.08 Å². The van der Waals surface area contributed by atoms with Gasteiger partial charge in [0.2, 0.25) is 0 Å². The predicted octanol–water partition coefficient (Wildman–Crippen LogP) is 1.58. The molecular formula is C7H16N2S2. The van der Waals surface area contributed by atoms with Crippen molar-refractivity contribution >= 4 is 23.5 Å². The van der Waals surface area contributed by atoms with Crippen LogP contribution in [0.4, 0.5) is 0 Å². The Labute approximate surface area is 77.2 Å². The highest BCUT2D eigenvalue weighted by Crippen LogP contribution is 2.22. The van der Waals surface area contributed by atoms with Crippen molar-refractivity contribution in [3.05, 3.63) is 10.8 Å². The average molecular weight is 192 g/mol. The first-order valence-electron chi connectivity index (χ1n) is 3.43. The molecule has 66 valence electrons. The third-order valence-corrected chi connectivity index (χ3v) is 2.83. The molecule has 0 unspecified atom stereocenters. The van der Waals surface area contributed by atoms with E-state index in [0.717, 1.165) is 0 Å². The Morgan fingerprint density at radius 2 is 1.73 bits per heavy atom. The summed E-state index contributed by atoms with van der Waals surface area (Å²) in [6.45, 7) is 4.34. The molecule has 4 heteroatoms. The molecule has 0 radical (unpaired) electrons. The highest BCUT2D eigenvalue weighted by Gasteiger charge is 2.04. The number of hydrogen-bond donors (Lipinski definition) is 2. The molecule has 0 fully saturated rings.